The van der Waals surface area contributed by atoms with Gasteiger partial charge in [-0.05, 0) is 19.8 Å². The molecule has 1 saturated heterocycles. The summed E-state index contributed by atoms with van der Waals surface area (Å²) in [5.41, 5.74) is 0. The zero-order chi connectivity index (χ0) is 11.5. The van der Waals surface area contributed by atoms with E-state index in [-0.39, 0.29) is 23.7 Å². The normalized spacial score (nSPS) is 33.8. The van der Waals surface area contributed by atoms with Crippen molar-refractivity contribution in [3.8, 4) is 0 Å². The molecule has 0 aromatic carbocycles. The summed E-state index contributed by atoms with van der Waals surface area (Å²) in [6.45, 7) is 3.15. The highest BCUT2D eigenvalue weighted by atomic mass is 16.5. The van der Waals surface area contributed by atoms with Crippen LogP contribution < -0.4 is 5.32 Å². The largest absolute Gasteiger partial charge is 0.378 e. The maximum absolute atomic E-state index is 11.9. The second kappa shape index (κ2) is 5.06. The molecule has 2 aliphatic rings. The van der Waals surface area contributed by atoms with E-state index in [4.69, 9.17) is 4.74 Å². The highest BCUT2D eigenvalue weighted by Gasteiger charge is 2.37. The van der Waals surface area contributed by atoms with E-state index in [1.165, 1.54) is 0 Å². The fraction of sp³-hybridized carbons (Fsp3) is 0.833. The van der Waals surface area contributed by atoms with Crippen LogP contribution in [-0.2, 0) is 14.3 Å². The topological polar surface area (TPSA) is 55.4 Å². The summed E-state index contributed by atoms with van der Waals surface area (Å²) >= 11 is 0. The number of morpholine rings is 1. The maximum Gasteiger partial charge on any atom is 0.145 e. The van der Waals surface area contributed by atoms with Gasteiger partial charge in [-0.15, -0.1) is 0 Å². The zero-order valence-corrected chi connectivity index (χ0v) is 9.70. The van der Waals surface area contributed by atoms with Crippen LogP contribution in [0.25, 0.3) is 0 Å². The van der Waals surface area contributed by atoms with E-state index in [9.17, 15) is 9.59 Å². The van der Waals surface area contributed by atoms with Crippen molar-refractivity contribution in [3.05, 3.63) is 0 Å². The van der Waals surface area contributed by atoms with Gasteiger partial charge in [0, 0.05) is 24.9 Å². The molecule has 0 radical (unpaired) electrons. The third kappa shape index (κ3) is 2.50. The lowest BCUT2D eigenvalue weighted by molar-refractivity contribution is -0.135. The molecule has 0 spiro atoms. The first kappa shape index (κ1) is 11.7. The van der Waals surface area contributed by atoms with Crippen molar-refractivity contribution < 1.29 is 14.3 Å². The Morgan fingerprint density at radius 1 is 1.12 bits per heavy atom. The highest BCUT2D eigenvalue weighted by molar-refractivity contribution is 6.03. The van der Waals surface area contributed by atoms with E-state index in [1.807, 2.05) is 6.92 Å². The van der Waals surface area contributed by atoms with Crippen molar-refractivity contribution in [2.24, 2.45) is 5.92 Å². The molecule has 16 heavy (non-hydrogen) atoms. The van der Waals surface area contributed by atoms with Crippen LogP contribution in [0.2, 0.25) is 0 Å². The van der Waals surface area contributed by atoms with Crippen molar-refractivity contribution >= 4 is 11.6 Å². The van der Waals surface area contributed by atoms with E-state index in [0.717, 1.165) is 12.8 Å². The summed E-state index contributed by atoms with van der Waals surface area (Å²) in [6.07, 6.45) is 2.79. The molecule has 4 heteroatoms. The SMILES string of the molecule is CC1COCC(C2C(=O)CCCCC2=O)N1. The number of hydrogen-bond donors (Lipinski definition) is 1. The van der Waals surface area contributed by atoms with Crippen molar-refractivity contribution in [1.82, 2.24) is 5.32 Å². The number of Topliss-reactive ketones (excluding diaryl/α,β-unsaturated/α-hetero) is 2. The number of ketones is 2. The Labute approximate surface area is 95.7 Å². The smallest absolute Gasteiger partial charge is 0.145 e. The Morgan fingerprint density at radius 2 is 1.75 bits per heavy atom. The van der Waals surface area contributed by atoms with Crippen molar-refractivity contribution in [2.45, 2.75) is 44.7 Å². The van der Waals surface area contributed by atoms with E-state index in [2.05, 4.69) is 5.32 Å². The molecule has 1 aliphatic heterocycles. The fourth-order valence-electron chi connectivity index (χ4n) is 2.56. The average molecular weight is 225 g/mol. The van der Waals surface area contributed by atoms with Crippen molar-refractivity contribution in [2.75, 3.05) is 13.2 Å². The van der Waals surface area contributed by atoms with Crippen LogP contribution in [0.5, 0.6) is 0 Å². The Balaban J connectivity index is 2.09. The Bertz CT molecular complexity index is 272. The molecule has 0 aromatic rings. The predicted molar refractivity (Wildman–Crippen MR) is 59.2 cm³/mol. The molecule has 2 fully saturated rings. The minimum atomic E-state index is -0.467. The minimum absolute atomic E-state index is 0.0951. The number of nitrogens with one attached hydrogen (secondary N) is 1. The van der Waals surface area contributed by atoms with Gasteiger partial charge in [0.1, 0.15) is 11.6 Å². The number of rotatable bonds is 1. The molecular formula is C12H19NO3. The number of hydrogen-bond acceptors (Lipinski definition) is 4. The third-order valence-electron chi connectivity index (χ3n) is 3.36. The third-order valence-corrected chi connectivity index (χ3v) is 3.36. The summed E-state index contributed by atoms with van der Waals surface area (Å²) in [6, 6.07) is 0.115. The average Bonchev–Trinajstić information content (AvgIpc) is 2.40. The first-order valence-corrected chi connectivity index (χ1v) is 6.07. The van der Waals surface area contributed by atoms with E-state index < -0.39 is 5.92 Å². The van der Waals surface area contributed by atoms with Gasteiger partial charge in [0.05, 0.1) is 19.1 Å². The van der Waals surface area contributed by atoms with E-state index in [1.54, 1.807) is 0 Å². The van der Waals surface area contributed by atoms with Gasteiger partial charge in [-0.25, -0.2) is 0 Å². The van der Waals surface area contributed by atoms with E-state index in [0.29, 0.717) is 26.1 Å². The monoisotopic (exact) mass is 225 g/mol. The zero-order valence-electron chi connectivity index (χ0n) is 9.70. The molecule has 1 saturated carbocycles. The van der Waals surface area contributed by atoms with Gasteiger partial charge in [0.25, 0.3) is 0 Å². The van der Waals surface area contributed by atoms with Crippen LogP contribution >= 0.6 is 0 Å². The van der Waals surface area contributed by atoms with Gasteiger partial charge in [0.15, 0.2) is 0 Å². The van der Waals surface area contributed by atoms with Crippen LogP contribution in [0.1, 0.15) is 32.6 Å². The molecule has 2 atom stereocenters. The van der Waals surface area contributed by atoms with E-state index >= 15 is 0 Å². The molecule has 2 unspecified atom stereocenters. The molecule has 1 heterocycles. The van der Waals surface area contributed by atoms with Crippen LogP contribution in [0, 0.1) is 5.92 Å². The molecule has 0 amide bonds. The number of carbonyl (C=O) groups is 2. The summed E-state index contributed by atoms with van der Waals surface area (Å²) < 4.78 is 5.42. The molecule has 0 aromatic heterocycles. The maximum atomic E-state index is 11.9. The lowest BCUT2D eigenvalue weighted by Crippen LogP contribution is -2.54. The lowest BCUT2D eigenvalue weighted by atomic mass is 9.89. The highest BCUT2D eigenvalue weighted by Crippen LogP contribution is 2.21. The van der Waals surface area contributed by atoms with Crippen molar-refractivity contribution in [3.63, 3.8) is 0 Å². The second-order valence-electron chi connectivity index (χ2n) is 4.83. The van der Waals surface area contributed by atoms with Gasteiger partial charge in [-0.3, -0.25) is 9.59 Å². The second-order valence-corrected chi connectivity index (χ2v) is 4.83. The Morgan fingerprint density at radius 3 is 2.31 bits per heavy atom. The summed E-state index contributed by atoms with van der Waals surface area (Å²) in [4.78, 5) is 23.8. The Hall–Kier alpha value is -0.740. The predicted octanol–water partition coefficient (Wildman–Crippen LogP) is 0.692. The molecule has 2 rings (SSSR count). The molecule has 0 bridgehead atoms. The molecule has 4 nitrogen and oxygen atoms in total. The molecule has 90 valence electrons. The first-order valence-electron chi connectivity index (χ1n) is 6.07. The van der Waals surface area contributed by atoms with Crippen LogP contribution in [-0.4, -0.2) is 36.9 Å². The minimum Gasteiger partial charge on any atom is -0.378 e. The molecule has 1 N–H and O–H groups in total. The Kier molecular flexibility index (Phi) is 3.71. The number of carbonyl (C=O) groups excluding carboxylic acids is 2. The van der Waals surface area contributed by atoms with Crippen LogP contribution in [0.15, 0.2) is 0 Å². The summed E-state index contributed by atoms with van der Waals surface area (Å²) in [5, 5.41) is 3.31. The summed E-state index contributed by atoms with van der Waals surface area (Å²) in [7, 11) is 0. The number of ether oxygens (including phenoxy) is 1. The van der Waals surface area contributed by atoms with Gasteiger partial charge >= 0.3 is 0 Å². The lowest BCUT2D eigenvalue weighted by Gasteiger charge is -2.32. The van der Waals surface area contributed by atoms with Crippen LogP contribution in [0.4, 0.5) is 0 Å². The molecular weight excluding hydrogens is 206 g/mol. The van der Waals surface area contributed by atoms with Crippen LogP contribution in [0.3, 0.4) is 0 Å². The summed E-state index contributed by atoms with van der Waals surface area (Å²) in [5.74, 6) is -0.277. The standard InChI is InChI=1S/C12H19NO3/c1-8-6-16-7-9(13-8)12-10(14)4-2-3-5-11(12)15/h8-9,12-13H,2-7H2,1H3. The van der Waals surface area contributed by atoms with Gasteiger partial charge in [-0.2, -0.15) is 0 Å². The first-order chi connectivity index (χ1) is 7.68. The quantitative estimate of drug-likeness (QED) is 0.527. The fourth-order valence-corrected chi connectivity index (χ4v) is 2.56. The molecule has 1 aliphatic carbocycles. The van der Waals surface area contributed by atoms with Gasteiger partial charge < -0.3 is 10.1 Å². The van der Waals surface area contributed by atoms with Gasteiger partial charge in [0.2, 0.25) is 0 Å². The van der Waals surface area contributed by atoms with Gasteiger partial charge in [-0.1, -0.05) is 0 Å². The van der Waals surface area contributed by atoms with Crippen molar-refractivity contribution in [1.29, 1.82) is 0 Å².